The lowest BCUT2D eigenvalue weighted by Gasteiger charge is -2.11. The van der Waals surface area contributed by atoms with E-state index < -0.39 is 5.97 Å². The van der Waals surface area contributed by atoms with Crippen molar-refractivity contribution in [1.82, 2.24) is 4.98 Å². The second kappa shape index (κ2) is 7.31. The van der Waals surface area contributed by atoms with Crippen molar-refractivity contribution in [3.8, 4) is 0 Å². The van der Waals surface area contributed by atoms with Gasteiger partial charge in [0.15, 0.2) is 5.11 Å². The second-order valence-corrected chi connectivity index (χ2v) is 5.64. The first kappa shape index (κ1) is 16.9. The van der Waals surface area contributed by atoms with Crippen molar-refractivity contribution < 1.29 is 13.9 Å². The minimum absolute atomic E-state index is 0.237. The number of aromatic amines is 1. The molecule has 0 spiro atoms. The quantitative estimate of drug-likeness (QED) is 0.480. The number of carbonyl (C=O) groups excluding carboxylic acids is 1. The Labute approximate surface area is 149 Å². The number of halogens is 1. The van der Waals surface area contributed by atoms with E-state index in [1.807, 2.05) is 24.3 Å². The maximum Gasteiger partial charge on any atom is 0.356 e. The molecule has 0 radical (unpaired) electrons. The van der Waals surface area contributed by atoms with Crippen molar-refractivity contribution >= 4 is 45.6 Å². The summed E-state index contributed by atoms with van der Waals surface area (Å²) >= 11 is 5.29. The number of esters is 1. The lowest BCUT2D eigenvalue weighted by molar-refractivity contribution is 0.0522. The van der Waals surface area contributed by atoms with Crippen LogP contribution in [0.2, 0.25) is 0 Å². The van der Waals surface area contributed by atoms with Gasteiger partial charge < -0.3 is 20.4 Å². The van der Waals surface area contributed by atoms with Crippen LogP contribution < -0.4 is 10.6 Å². The lowest BCUT2D eigenvalue weighted by Crippen LogP contribution is -2.20. The van der Waals surface area contributed by atoms with E-state index in [0.29, 0.717) is 11.4 Å². The van der Waals surface area contributed by atoms with Crippen LogP contribution in [-0.4, -0.2) is 22.7 Å². The smallest absolute Gasteiger partial charge is 0.356 e. The van der Waals surface area contributed by atoms with Gasteiger partial charge >= 0.3 is 5.97 Å². The molecule has 3 N–H and O–H groups in total. The van der Waals surface area contributed by atoms with E-state index in [2.05, 4.69) is 15.6 Å². The molecule has 5 nitrogen and oxygen atoms in total. The Hall–Kier alpha value is -2.93. The number of fused-ring (bicyclic) bond motifs is 1. The van der Waals surface area contributed by atoms with E-state index in [0.717, 1.165) is 10.9 Å². The molecule has 128 valence electrons. The molecule has 0 saturated carbocycles. The van der Waals surface area contributed by atoms with E-state index in [1.165, 1.54) is 12.1 Å². The highest BCUT2D eigenvalue weighted by molar-refractivity contribution is 7.80. The van der Waals surface area contributed by atoms with Gasteiger partial charge in [-0.3, -0.25) is 0 Å². The number of rotatable bonds is 4. The van der Waals surface area contributed by atoms with Crippen LogP contribution in [0.1, 0.15) is 17.4 Å². The zero-order valence-electron chi connectivity index (χ0n) is 13.4. The standard InChI is InChI=1S/C18H16FN3O2S/c1-2-24-17(23)16-15(13-8-3-4-9-14(13)21-16)22-18(25)20-12-7-5-6-11(19)10-12/h3-10,21H,2H2,1H3,(H2,20,22,25). The van der Waals surface area contributed by atoms with Gasteiger partial charge in [0.25, 0.3) is 0 Å². The summed E-state index contributed by atoms with van der Waals surface area (Å²) in [4.78, 5) is 15.3. The molecular formula is C18H16FN3O2S. The van der Waals surface area contributed by atoms with Gasteiger partial charge in [-0.2, -0.15) is 0 Å². The number of nitrogens with one attached hydrogen (secondary N) is 3. The molecule has 0 aliphatic heterocycles. The first-order valence-electron chi connectivity index (χ1n) is 7.70. The van der Waals surface area contributed by atoms with E-state index in [4.69, 9.17) is 17.0 Å². The number of H-pyrrole nitrogens is 1. The summed E-state index contributed by atoms with van der Waals surface area (Å²) in [5, 5.41) is 6.94. The normalized spacial score (nSPS) is 10.5. The van der Waals surface area contributed by atoms with Crippen molar-refractivity contribution in [1.29, 1.82) is 0 Å². The Balaban J connectivity index is 1.90. The van der Waals surface area contributed by atoms with Gasteiger partial charge in [0.05, 0.1) is 12.3 Å². The van der Waals surface area contributed by atoms with Crippen LogP contribution in [-0.2, 0) is 4.74 Å². The summed E-state index contributed by atoms with van der Waals surface area (Å²) in [6.45, 7) is 2.00. The van der Waals surface area contributed by atoms with Crippen LogP contribution in [0, 0.1) is 5.82 Å². The van der Waals surface area contributed by atoms with Crippen LogP contribution in [0.15, 0.2) is 48.5 Å². The van der Waals surface area contributed by atoms with Crippen molar-refractivity contribution in [3.63, 3.8) is 0 Å². The van der Waals surface area contributed by atoms with E-state index in [-0.39, 0.29) is 23.2 Å². The summed E-state index contributed by atoms with van der Waals surface area (Å²) in [6, 6.07) is 13.4. The Morgan fingerprint density at radius 3 is 2.76 bits per heavy atom. The van der Waals surface area contributed by atoms with Gasteiger partial charge in [0.2, 0.25) is 0 Å². The van der Waals surface area contributed by atoms with Gasteiger partial charge in [-0.1, -0.05) is 24.3 Å². The number of hydrogen-bond acceptors (Lipinski definition) is 3. The Bertz CT molecular complexity index is 939. The van der Waals surface area contributed by atoms with Gasteiger partial charge in [-0.25, -0.2) is 9.18 Å². The molecule has 1 heterocycles. The van der Waals surface area contributed by atoms with Crippen LogP contribution in [0.4, 0.5) is 15.8 Å². The summed E-state index contributed by atoms with van der Waals surface area (Å²) in [5.41, 5.74) is 2.09. The molecule has 0 bridgehead atoms. The van der Waals surface area contributed by atoms with Gasteiger partial charge in [0.1, 0.15) is 11.5 Å². The number of thiocarbonyl (C=S) groups is 1. The fourth-order valence-corrected chi connectivity index (χ4v) is 2.69. The highest BCUT2D eigenvalue weighted by Crippen LogP contribution is 2.28. The minimum atomic E-state index is -0.477. The summed E-state index contributed by atoms with van der Waals surface area (Å²) < 4.78 is 18.4. The third kappa shape index (κ3) is 3.77. The van der Waals surface area contributed by atoms with Crippen molar-refractivity contribution in [2.45, 2.75) is 6.92 Å². The molecule has 0 unspecified atom stereocenters. The topological polar surface area (TPSA) is 66.2 Å². The zero-order valence-corrected chi connectivity index (χ0v) is 14.2. The fraction of sp³-hybridized carbons (Fsp3) is 0.111. The minimum Gasteiger partial charge on any atom is -0.461 e. The van der Waals surface area contributed by atoms with Gasteiger partial charge in [-0.05, 0) is 43.4 Å². The number of hydrogen-bond donors (Lipinski definition) is 3. The molecule has 7 heteroatoms. The zero-order chi connectivity index (χ0) is 17.8. The molecule has 0 aliphatic rings. The maximum absolute atomic E-state index is 13.3. The van der Waals surface area contributed by atoms with Crippen LogP contribution in [0.25, 0.3) is 10.9 Å². The van der Waals surface area contributed by atoms with Crippen LogP contribution in [0.5, 0.6) is 0 Å². The molecule has 1 aromatic heterocycles. The first-order chi connectivity index (χ1) is 12.1. The predicted molar refractivity (Wildman–Crippen MR) is 100 cm³/mol. The second-order valence-electron chi connectivity index (χ2n) is 5.23. The van der Waals surface area contributed by atoms with Gasteiger partial charge in [0, 0.05) is 16.6 Å². The number of carbonyl (C=O) groups is 1. The molecule has 0 aliphatic carbocycles. The fourth-order valence-electron chi connectivity index (χ4n) is 2.47. The largest absolute Gasteiger partial charge is 0.461 e. The third-order valence-corrected chi connectivity index (χ3v) is 3.71. The van der Waals surface area contributed by atoms with E-state index in [1.54, 1.807) is 19.1 Å². The lowest BCUT2D eigenvalue weighted by atomic mass is 10.2. The van der Waals surface area contributed by atoms with Crippen molar-refractivity contribution in [3.05, 3.63) is 60.0 Å². The molecule has 3 aromatic rings. The maximum atomic E-state index is 13.3. The molecule has 0 amide bonds. The van der Waals surface area contributed by atoms with Crippen molar-refractivity contribution in [2.24, 2.45) is 0 Å². The molecule has 0 atom stereocenters. The highest BCUT2D eigenvalue weighted by Gasteiger charge is 2.19. The third-order valence-electron chi connectivity index (χ3n) is 3.51. The van der Waals surface area contributed by atoms with Gasteiger partial charge in [-0.15, -0.1) is 0 Å². The summed E-state index contributed by atoms with van der Waals surface area (Å²) in [5.74, 6) is -0.845. The van der Waals surface area contributed by atoms with E-state index in [9.17, 15) is 9.18 Å². The monoisotopic (exact) mass is 357 g/mol. The number of para-hydroxylation sites is 1. The first-order valence-corrected chi connectivity index (χ1v) is 8.10. The number of benzene rings is 2. The number of anilines is 2. The van der Waals surface area contributed by atoms with Crippen LogP contribution >= 0.6 is 12.2 Å². The highest BCUT2D eigenvalue weighted by atomic mass is 32.1. The molecule has 0 saturated heterocycles. The molecule has 0 fully saturated rings. The molecular weight excluding hydrogens is 341 g/mol. The Morgan fingerprint density at radius 1 is 1.20 bits per heavy atom. The average Bonchev–Trinajstić information content (AvgIpc) is 2.94. The number of ether oxygens (including phenoxy) is 1. The van der Waals surface area contributed by atoms with E-state index >= 15 is 0 Å². The number of aromatic nitrogens is 1. The van der Waals surface area contributed by atoms with Crippen LogP contribution in [0.3, 0.4) is 0 Å². The predicted octanol–water partition coefficient (Wildman–Crippen LogP) is 4.29. The molecule has 25 heavy (non-hydrogen) atoms. The summed E-state index contributed by atoms with van der Waals surface area (Å²) in [6.07, 6.45) is 0. The Morgan fingerprint density at radius 2 is 2.00 bits per heavy atom. The summed E-state index contributed by atoms with van der Waals surface area (Å²) in [7, 11) is 0. The molecule has 2 aromatic carbocycles. The van der Waals surface area contributed by atoms with Crippen molar-refractivity contribution in [2.75, 3.05) is 17.2 Å². The molecule has 3 rings (SSSR count). The average molecular weight is 357 g/mol. The Kier molecular flexibility index (Phi) is 4.95. The SMILES string of the molecule is CCOC(=O)c1[nH]c2ccccc2c1NC(=S)Nc1cccc(F)c1.